The first-order chi connectivity index (χ1) is 26.0. The van der Waals surface area contributed by atoms with Crippen LogP contribution in [-0.4, -0.2) is 111 Å². The van der Waals surface area contributed by atoms with E-state index in [4.69, 9.17) is 13.8 Å². The van der Waals surface area contributed by atoms with Crippen LogP contribution >= 0.6 is 42.8 Å². The van der Waals surface area contributed by atoms with E-state index in [-0.39, 0.29) is 30.1 Å². The number of thioether (sulfide) groups is 1. The highest BCUT2D eigenvalue weighted by Crippen LogP contribution is 2.54. The lowest BCUT2D eigenvalue weighted by Crippen LogP contribution is -2.63. The van der Waals surface area contributed by atoms with Crippen LogP contribution < -0.4 is 0 Å². The molecule has 1 aliphatic rings. The van der Waals surface area contributed by atoms with Gasteiger partial charge in [-0.15, -0.1) is 0 Å². The molecule has 0 aromatic rings. The van der Waals surface area contributed by atoms with Crippen LogP contribution in [0.15, 0.2) is 0 Å². The van der Waals surface area contributed by atoms with Crippen LogP contribution in [0.3, 0.4) is 0 Å². The zero-order valence-corrected chi connectivity index (χ0v) is 36.3. The van der Waals surface area contributed by atoms with Gasteiger partial charge in [-0.3, -0.25) is 32.2 Å². The molecule has 4 unspecified atom stereocenters. The van der Waals surface area contributed by atoms with Crippen molar-refractivity contribution in [3.8, 4) is 0 Å². The van der Waals surface area contributed by atoms with Gasteiger partial charge in [0, 0.05) is 24.5 Å². The summed E-state index contributed by atoms with van der Waals surface area (Å²) in [5, 5.41) is 21.7. The van der Waals surface area contributed by atoms with Gasteiger partial charge in [0.15, 0.2) is 5.12 Å². The van der Waals surface area contributed by atoms with Crippen LogP contribution in [-0.2, 0) is 50.7 Å². The second-order valence-corrected chi connectivity index (χ2v) is 20.4. The number of rotatable bonds is 31. The Kier molecular flexibility index (Phi) is 26.0. The Hall–Kier alpha value is -0.110. The zero-order chi connectivity index (χ0) is 42.6. The number of carbonyl (C=O) groups excluding carboxylic acids is 2. The van der Waals surface area contributed by atoms with Crippen molar-refractivity contribution in [2.45, 2.75) is 160 Å². The van der Waals surface area contributed by atoms with Crippen molar-refractivity contribution in [1.29, 1.82) is 0 Å². The zero-order valence-electron chi connectivity index (χ0n) is 31.9. The number of unbranched alkanes of at least 4 members (excludes halogenated alkanes) is 12. The van der Waals surface area contributed by atoms with Crippen molar-refractivity contribution in [3.63, 3.8) is 0 Å². The normalized spacial score (nSPS) is 23.8. The SMILES string of the molecule is CCCCCCCCCCCCCCCC(=O)O[C@H](CCSC(=O)CCC)COP(=O)(O)OC1C(O)[C@@H](OP(=O)(O)O)C(OP(=O)(O)O)[C@@H](CP(=O)(O)O)[C@H]1O. The summed E-state index contributed by atoms with van der Waals surface area (Å²) in [6.45, 7) is 3.18. The third-order valence-corrected chi connectivity index (χ3v) is 12.7. The minimum Gasteiger partial charge on any atom is -0.460 e. The van der Waals surface area contributed by atoms with Crippen molar-refractivity contribution >= 4 is 53.9 Å². The molecule has 9 N–H and O–H groups in total. The van der Waals surface area contributed by atoms with Gasteiger partial charge in [0.1, 0.15) is 30.5 Å². The van der Waals surface area contributed by atoms with Gasteiger partial charge in [0.05, 0.1) is 18.9 Å². The summed E-state index contributed by atoms with van der Waals surface area (Å²) in [4.78, 5) is 92.0. The Bertz CT molecular complexity index is 1300. The molecule has 20 nitrogen and oxygen atoms in total. The highest BCUT2D eigenvalue weighted by atomic mass is 32.2. The van der Waals surface area contributed by atoms with Crippen LogP contribution in [0.1, 0.15) is 123 Å². The Balaban J connectivity index is 2.94. The monoisotopic (exact) mass is 910 g/mol. The second kappa shape index (κ2) is 27.0. The molecule has 0 aromatic carbocycles. The van der Waals surface area contributed by atoms with E-state index in [1.54, 1.807) is 0 Å². The predicted octanol–water partition coefficient (Wildman–Crippen LogP) is 4.82. The maximum absolute atomic E-state index is 13.1. The van der Waals surface area contributed by atoms with Crippen molar-refractivity contribution in [2.75, 3.05) is 18.5 Å². The number of carbonyl (C=O) groups is 2. The summed E-state index contributed by atoms with van der Waals surface area (Å²) >= 11 is 0.947. The number of hydrogen-bond donors (Lipinski definition) is 9. The van der Waals surface area contributed by atoms with Gasteiger partial charge in [0.2, 0.25) is 0 Å². The van der Waals surface area contributed by atoms with Gasteiger partial charge >= 0.3 is 37.0 Å². The molecule has 1 rings (SSSR count). The summed E-state index contributed by atoms with van der Waals surface area (Å²) in [5.41, 5.74) is 0. The summed E-state index contributed by atoms with van der Waals surface area (Å²) in [6, 6.07) is 0. The summed E-state index contributed by atoms with van der Waals surface area (Å²) in [5.74, 6) is -2.75. The third kappa shape index (κ3) is 24.8. The molecule has 0 aromatic heterocycles. The maximum atomic E-state index is 13.1. The molecule has 1 saturated carbocycles. The number of aliphatic hydroxyl groups is 2. The molecule has 25 heteroatoms. The van der Waals surface area contributed by atoms with Crippen molar-refractivity contribution in [1.82, 2.24) is 0 Å². The lowest BCUT2D eigenvalue weighted by Gasteiger charge is -2.46. The van der Waals surface area contributed by atoms with Crippen molar-refractivity contribution in [2.24, 2.45) is 5.92 Å². The van der Waals surface area contributed by atoms with Gasteiger partial charge in [-0.2, -0.15) is 0 Å². The fourth-order valence-corrected chi connectivity index (χ4v) is 10.2. The molecule has 0 saturated heterocycles. The minimum absolute atomic E-state index is 0.0247. The number of aliphatic hydroxyl groups excluding tert-OH is 2. The van der Waals surface area contributed by atoms with E-state index in [0.717, 1.165) is 43.9 Å². The van der Waals surface area contributed by atoms with Gasteiger partial charge in [-0.25, -0.2) is 13.7 Å². The first-order valence-corrected chi connectivity index (χ1v) is 26.2. The lowest BCUT2D eigenvalue weighted by molar-refractivity contribution is -0.189. The van der Waals surface area contributed by atoms with E-state index in [0.29, 0.717) is 12.8 Å². The maximum Gasteiger partial charge on any atom is 0.472 e. The average molecular weight is 911 g/mol. The van der Waals surface area contributed by atoms with Crippen LogP contribution in [0, 0.1) is 5.92 Å². The van der Waals surface area contributed by atoms with E-state index in [1.807, 2.05) is 6.92 Å². The van der Waals surface area contributed by atoms with Crippen LogP contribution in [0.25, 0.3) is 0 Å². The highest BCUT2D eigenvalue weighted by molar-refractivity contribution is 8.13. The highest BCUT2D eigenvalue weighted by Gasteiger charge is 2.58. The number of phosphoric ester groups is 3. The van der Waals surface area contributed by atoms with Crippen LogP contribution in [0.5, 0.6) is 0 Å². The fraction of sp³-hybridized carbons (Fsp3) is 0.935. The fourth-order valence-electron chi connectivity index (χ4n) is 6.10. The minimum atomic E-state index is -5.70. The Morgan fingerprint density at radius 2 is 1.12 bits per heavy atom. The Morgan fingerprint density at radius 1 is 0.625 bits per heavy atom. The quantitative estimate of drug-likeness (QED) is 0.0256. The molecule has 0 aliphatic heterocycles. The third-order valence-electron chi connectivity index (χ3n) is 8.78. The van der Waals surface area contributed by atoms with Crippen LogP contribution in [0.4, 0.5) is 0 Å². The molecule has 1 aliphatic carbocycles. The van der Waals surface area contributed by atoms with E-state index in [9.17, 15) is 72.3 Å². The standard InChI is InChI=1S/C31H62O20P4S/c1-3-5-6-7-8-9-10-11-12-13-14-15-16-18-25(32)48-23(19-20-56-26(33)17-4-2)21-47-55(45,46)51-30-27(34)24(22-52(36,37)38)29(49-53(39,40)41)31(28(30)35)50-54(42,43)44/h23-24,27-31,34-35H,3-22H2,1-2H3,(H,45,46)(H2,36,37,38)(H2,39,40,41)(H2,42,43,44)/t23-,24+,27-,28?,29?,30?,31-/m1/s1. The van der Waals surface area contributed by atoms with Gasteiger partial charge in [-0.05, 0) is 19.3 Å². The number of ether oxygens (including phenoxy) is 1. The Morgan fingerprint density at radius 3 is 1.61 bits per heavy atom. The number of esters is 1. The Labute approximate surface area is 332 Å². The van der Waals surface area contributed by atoms with Crippen molar-refractivity contribution in [3.05, 3.63) is 0 Å². The molecule has 0 spiro atoms. The summed E-state index contributed by atoms with van der Waals surface area (Å²) < 4.78 is 72.6. The molecule has 0 amide bonds. The van der Waals surface area contributed by atoms with Gasteiger partial charge in [-0.1, -0.05) is 103 Å². The predicted molar refractivity (Wildman–Crippen MR) is 204 cm³/mol. The number of hydrogen-bond acceptors (Lipinski definition) is 14. The van der Waals surface area contributed by atoms with Crippen molar-refractivity contribution < 1.29 is 95.1 Å². The van der Waals surface area contributed by atoms with Crippen LogP contribution in [0.2, 0.25) is 0 Å². The second-order valence-electron chi connectivity index (χ2n) is 13.8. The molecule has 8 atom stereocenters. The molecular weight excluding hydrogens is 848 g/mol. The van der Waals surface area contributed by atoms with E-state index in [2.05, 4.69) is 16.0 Å². The molecule has 0 bridgehead atoms. The molecule has 332 valence electrons. The first kappa shape index (κ1) is 53.9. The lowest BCUT2D eigenvalue weighted by atomic mass is 9.79. The van der Waals surface area contributed by atoms with Gasteiger partial charge in [0.25, 0.3) is 0 Å². The topological polar surface area (TPSA) is 331 Å². The average Bonchev–Trinajstić information content (AvgIpc) is 3.06. The first-order valence-electron chi connectivity index (χ1n) is 18.9. The smallest absolute Gasteiger partial charge is 0.460 e. The van der Waals surface area contributed by atoms with Gasteiger partial charge < -0.3 is 49.2 Å². The van der Waals surface area contributed by atoms with E-state index < -0.39 is 92.3 Å². The molecule has 1 fully saturated rings. The molecular formula is C31H62O20P4S. The van der Waals surface area contributed by atoms with E-state index in [1.165, 1.54) is 44.9 Å². The largest absolute Gasteiger partial charge is 0.472 e. The molecule has 0 radical (unpaired) electrons. The number of phosphoric acid groups is 3. The molecule has 56 heavy (non-hydrogen) atoms. The van der Waals surface area contributed by atoms with E-state index >= 15 is 0 Å². The molecule has 0 heterocycles. The summed E-state index contributed by atoms with van der Waals surface area (Å²) in [7, 11) is -22.1. The summed E-state index contributed by atoms with van der Waals surface area (Å²) in [6.07, 6.45) is -0.250.